The number of rotatable bonds is 19. The minimum absolute atomic E-state index is 0.0544. The molecule has 0 bridgehead atoms. The highest BCUT2D eigenvalue weighted by molar-refractivity contribution is 5.97. The van der Waals surface area contributed by atoms with Gasteiger partial charge in [0.25, 0.3) is 0 Å². The maximum Gasteiger partial charge on any atom is 0.328 e. The van der Waals surface area contributed by atoms with Gasteiger partial charge in [-0.1, -0.05) is 13.8 Å². The Bertz CT molecular complexity index is 1150. The smallest absolute Gasteiger partial charge is 0.328 e. The average molecular weight is 660 g/mol. The highest BCUT2D eigenvalue weighted by Gasteiger charge is 2.40. The van der Waals surface area contributed by atoms with E-state index in [1.165, 1.54) is 4.90 Å². The minimum Gasteiger partial charge on any atom is -0.481 e. The summed E-state index contributed by atoms with van der Waals surface area (Å²) in [5.41, 5.74) is 10.6. The van der Waals surface area contributed by atoms with Crippen LogP contribution < -0.4 is 32.7 Å². The molecular weight excluding hydrogens is 614 g/mol. The van der Waals surface area contributed by atoms with Gasteiger partial charge in [-0.15, -0.1) is 0 Å². The molecule has 0 radical (unpaired) electrons. The normalized spacial score (nSPS) is 18.3. The van der Waals surface area contributed by atoms with E-state index in [1.807, 2.05) is 0 Å². The van der Waals surface area contributed by atoms with Gasteiger partial charge < -0.3 is 58.1 Å². The molecule has 1 heterocycles. The Hall–Kier alpha value is -4.36. The molecular formula is C27H45N7O12. The van der Waals surface area contributed by atoms with Crippen molar-refractivity contribution in [2.45, 2.75) is 102 Å². The average Bonchev–Trinajstić information content (AvgIpc) is 3.45. The van der Waals surface area contributed by atoms with Crippen LogP contribution >= 0.6 is 0 Å². The summed E-state index contributed by atoms with van der Waals surface area (Å²) in [6.45, 7) is 3.93. The topological polar surface area (TPSA) is 321 Å². The lowest BCUT2D eigenvalue weighted by atomic mass is 10.0. The second-order valence-electron chi connectivity index (χ2n) is 11.5. The number of carbonyl (C=O) groups excluding carboxylic acids is 6. The monoisotopic (exact) mass is 659 g/mol. The molecule has 19 nitrogen and oxygen atoms in total. The first-order valence-electron chi connectivity index (χ1n) is 14.7. The number of aliphatic carboxylic acids is 2. The van der Waals surface area contributed by atoms with Crippen LogP contribution in [0.15, 0.2) is 0 Å². The molecule has 0 spiro atoms. The van der Waals surface area contributed by atoms with Crippen molar-refractivity contribution >= 4 is 47.4 Å². The van der Waals surface area contributed by atoms with Crippen LogP contribution in [0.2, 0.25) is 0 Å². The van der Waals surface area contributed by atoms with Crippen LogP contribution in [0.25, 0.3) is 0 Å². The van der Waals surface area contributed by atoms with Crippen molar-refractivity contribution in [3.63, 3.8) is 0 Å². The van der Waals surface area contributed by atoms with E-state index in [0.717, 1.165) is 6.92 Å². The van der Waals surface area contributed by atoms with Gasteiger partial charge in [0.05, 0.1) is 19.1 Å². The Kier molecular flexibility index (Phi) is 16.0. The molecule has 1 rings (SSSR count). The van der Waals surface area contributed by atoms with Crippen LogP contribution in [0, 0.1) is 5.92 Å². The Morgan fingerprint density at radius 2 is 1.46 bits per heavy atom. The van der Waals surface area contributed by atoms with Gasteiger partial charge >= 0.3 is 11.9 Å². The lowest BCUT2D eigenvalue weighted by Crippen LogP contribution is -2.60. The van der Waals surface area contributed by atoms with Crippen LogP contribution in [0.1, 0.15) is 59.3 Å². The van der Waals surface area contributed by atoms with Gasteiger partial charge in [-0.3, -0.25) is 33.6 Å². The van der Waals surface area contributed by atoms with Crippen molar-refractivity contribution < 1.29 is 58.8 Å². The first kappa shape index (κ1) is 39.7. The molecule has 19 heteroatoms. The molecule has 46 heavy (non-hydrogen) atoms. The fourth-order valence-corrected chi connectivity index (χ4v) is 4.68. The number of nitrogens with zero attached hydrogens (tertiary/aromatic N) is 1. The molecule has 1 saturated heterocycles. The standard InChI is InChI=1S/C27H45N7O12/c1-12(2)9-17(32-24(42)16(10-20(38)39)31-22(40)14(28)11-35)26(44)34-8-4-5-18(34)25(43)30-15(6-7-19(29)37)23(41)33-21(13(3)36)27(45)46/h12-18,21,35-36H,4-11,28H2,1-3H3,(H2,29,37)(H,30,43)(H,31,40)(H,32,42)(H,33,41)(H,38,39)(H,45,46). The van der Waals surface area contributed by atoms with E-state index < -0.39 is 103 Å². The summed E-state index contributed by atoms with van der Waals surface area (Å²) < 4.78 is 0. The molecule has 6 amide bonds. The SMILES string of the molecule is CC(C)CC(NC(=O)C(CC(=O)O)NC(=O)C(N)CO)C(=O)N1CCCC1C(=O)NC(CCC(N)=O)C(=O)NC(C(=O)O)C(C)O. The molecule has 0 aromatic rings. The van der Waals surface area contributed by atoms with Gasteiger partial charge in [-0.2, -0.15) is 0 Å². The maximum atomic E-state index is 13.7. The predicted molar refractivity (Wildman–Crippen MR) is 157 cm³/mol. The van der Waals surface area contributed by atoms with E-state index in [1.54, 1.807) is 13.8 Å². The van der Waals surface area contributed by atoms with Crippen LogP contribution in [0.5, 0.6) is 0 Å². The highest BCUT2D eigenvalue weighted by Crippen LogP contribution is 2.21. The first-order valence-corrected chi connectivity index (χ1v) is 14.7. The highest BCUT2D eigenvalue weighted by atomic mass is 16.4. The number of primary amides is 1. The molecule has 0 aliphatic carbocycles. The first-order chi connectivity index (χ1) is 21.4. The molecule has 0 saturated carbocycles. The molecule has 1 aliphatic heterocycles. The van der Waals surface area contributed by atoms with Gasteiger partial charge in [0.2, 0.25) is 35.4 Å². The second kappa shape index (κ2) is 18.6. The van der Waals surface area contributed by atoms with Crippen LogP contribution in [-0.2, 0) is 38.4 Å². The van der Waals surface area contributed by atoms with Crippen molar-refractivity contribution in [1.29, 1.82) is 0 Å². The molecule has 12 N–H and O–H groups in total. The largest absolute Gasteiger partial charge is 0.481 e. The van der Waals surface area contributed by atoms with E-state index in [-0.39, 0.29) is 38.1 Å². The molecule has 7 unspecified atom stereocenters. The summed E-state index contributed by atoms with van der Waals surface area (Å²) in [7, 11) is 0. The fourth-order valence-electron chi connectivity index (χ4n) is 4.68. The van der Waals surface area contributed by atoms with Crippen LogP contribution in [-0.4, -0.2) is 128 Å². The Balaban J connectivity index is 3.21. The molecule has 0 aromatic heterocycles. The van der Waals surface area contributed by atoms with Gasteiger partial charge in [0.1, 0.15) is 30.2 Å². The number of hydrogen-bond donors (Lipinski definition) is 10. The van der Waals surface area contributed by atoms with E-state index in [2.05, 4.69) is 21.3 Å². The summed E-state index contributed by atoms with van der Waals surface area (Å²) in [5.74, 6) is -8.53. The minimum atomic E-state index is -1.72. The number of hydrogen-bond acceptors (Lipinski definition) is 11. The van der Waals surface area contributed by atoms with E-state index in [9.17, 15) is 53.7 Å². The second-order valence-corrected chi connectivity index (χ2v) is 11.5. The third-order valence-corrected chi connectivity index (χ3v) is 7.06. The van der Waals surface area contributed by atoms with Gasteiger partial charge in [-0.05, 0) is 38.5 Å². The molecule has 1 fully saturated rings. The summed E-state index contributed by atoms with van der Waals surface area (Å²) in [5, 5.41) is 46.5. The maximum absolute atomic E-state index is 13.7. The van der Waals surface area contributed by atoms with Gasteiger partial charge in [0, 0.05) is 13.0 Å². The van der Waals surface area contributed by atoms with E-state index in [0.29, 0.717) is 6.42 Å². The van der Waals surface area contributed by atoms with Gasteiger partial charge in [-0.25, -0.2) is 4.79 Å². The van der Waals surface area contributed by atoms with Crippen molar-refractivity contribution in [2.75, 3.05) is 13.2 Å². The van der Waals surface area contributed by atoms with Crippen molar-refractivity contribution in [3.05, 3.63) is 0 Å². The van der Waals surface area contributed by atoms with Gasteiger partial charge in [0.15, 0.2) is 6.04 Å². The number of amides is 6. The predicted octanol–water partition coefficient (Wildman–Crippen LogP) is -4.51. The molecule has 1 aliphatic rings. The van der Waals surface area contributed by atoms with Crippen molar-refractivity contribution in [3.8, 4) is 0 Å². The molecule has 260 valence electrons. The number of carboxylic acid groups (broad SMARTS) is 2. The van der Waals surface area contributed by atoms with E-state index in [4.69, 9.17) is 16.6 Å². The Morgan fingerprint density at radius 3 is 1.96 bits per heavy atom. The van der Waals surface area contributed by atoms with Crippen LogP contribution in [0.3, 0.4) is 0 Å². The summed E-state index contributed by atoms with van der Waals surface area (Å²) in [6, 6.07) is -8.68. The summed E-state index contributed by atoms with van der Waals surface area (Å²) in [6.07, 6.45) is -2.49. The number of carboxylic acids is 2. The number of nitrogens with two attached hydrogens (primary N) is 2. The van der Waals surface area contributed by atoms with Crippen molar-refractivity contribution in [2.24, 2.45) is 17.4 Å². The van der Waals surface area contributed by atoms with Crippen molar-refractivity contribution in [1.82, 2.24) is 26.2 Å². The van der Waals surface area contributed by atoms with E-state index >= 15 is 0 Å². The summed E-state index contributed by atoms with van der Waals surface area (Å²) >= 11 is 0. The summed E-state index contributed by atoms with van der Waals surface area (Å²) in [4.78, 5) is 101. The van der Waals surface area contributed by atoms with Crippen LogP contribution in [0.4, 0.5) is 0 Å². The molecule has 0 aromatic carbocycles. The quantitative estimate of drug-likeness (QED) is 0.0626. The zero-order valence-corrected chi connectivity index (χ0v) is 25.9. The fraction of sp³-hybridized carbons (Fsp3) is 0.704. The number of aliphatic hydroxyl groups excluding tert-OH is 2. The Morgan fingerprint density at radius 1 is 0.870 bits per heavy atom. The molecule has 7 atom stereocenters. The number of likely N-dealkylation sites (tertiary alicyclic amines) is 1. The number of nitrogens with one attached hydrogen (secondary N) is 4. The third kappa shape index (κ3) is 12.6. The number of aliphatic hydroxyl groups is 2. The zero-order chi connectivity index (χ0) is 35.3. The zero-order valence-electron chi connectivity index (χ0n) is 25.9. The third-order valence-electron chi connectivity index (χ3n) is 7.06. The lowest BCUT2D eigenvalue weighted by molar-refractivity contribution is -0.146. The number of carbonyl (C=O) groups is 8. The Labute approximate surface area is 264 Å². The lowest BCUT2D eigenvalue weighted by Gasteiger charge is -2.31.